The third-order valence-electron chi connectivity index (χ3n) is 16.1. The van der Waals surface area contributed by atoms with Crippen LogP contribution in [0.3, 0.4) is 0 Å². The second-order valence-electron chi connectivity index (χ2n) is 25.2. The van der Waals surface area contributed by atoms with Gasteiger partial charge in [0.2, 0.25) is 0 Å². The summed E-state index contributed by atoms with van der Waals surface area (Å²) in [6.07, 6.45) is 6.00. The molecule has 2 aromatic heterocycles. The Morgan fingerprint density at radius 3 is 1.86 bits per heavy atom. The van der Waals surface area contributed by atoms with Gasteiger partial charge in [0, 0.05) is 72.5 Å². The molecular weight excluding hydrogens is 1200 g/mol. The summed E-state index contributed by atoms with van der Waals surface area (Å²) < 4.78 is 53.6. The molecule has 1 aliphatic rings. The third-order valence-corrected chi connectivity index (χ3v) is 16.1. The van der Waals surface area contributed by atoms with Crippen molar-refractivity contribution >= 4 is 44.6 Å². The van der Waals surface area contributed by atoms with E-state index in [1.165, 1.54) is 22.1 Å². The standard InChI is InChI=1S/C78H75N4O.Pt/c1-12-24-54-36-39-71-74(65(54)25-13-2)66-38-37-64(50-72(66)82(71)73-48-59(40-41-79-73)76(3,4)5)83-63-33-23-32-62(49-63)80-51-81(70-35-21-20-34-69(70)80)75-67(56-31-22-30-55(42-56)52-26-16-14-17-27-52)46-61(78(9,10)11)47-68(75)58-43-57(53-28-18-15-19-29-53)44-60(45-58)77(6,7)8;/h14-23,26-48,51H,12-13,24-25H2,1-11H3;/q-3;/i15D,18D,19D,28D,29D;. The average Bonchev–Trinajstić information content (AvgIpc) is 1.70. The molecule has 5 nitrogen and oxygen atoms in total. The molecule has 0 saturated carbocycles. The van der Waals surface area contributed by atoms with Crippen molar-refractivity contribution in [1.82, 2.24) is 9.55 Å². The zero-order valence-corrected chi connectivity index (χ0v) is 52.4. The molecular formula is C78H75N4OPt-3. The molecule has 11 aromatic rings. The monoisotopic (exact) mass is 1280 g/mol. The van der Waals surface area contributed by atoms with Crippen LogP contribution in [0, 0.1) is 18.8 Å². The largest absolute Gasteiger partial charge is 0.509 e. The summed E-state index contributed by atoms with van der Waals surface area (Å²) in [6.45, 7) is 26.5. The molecule has 0 aliphatic carbocycles. The maximum Gasteiger partial charge on any atom is 0.135 e. The molecule has 0 bridgehead atoms. The number of rotatable bonds is 13. The van der Waals surface area contributed by atoms with Crippen LogP contribution in [-0.4, -0.2) is 9.55 Å². The van der Waals surface area contributed by atoms with Gasteiger partial charge in [-0.2, -0.15) is 12.1 Å². The van der Waals surface area contributed by atoms with Crippen LogP contribution in [0.5, 0.6) is 11.5 Å². The van der Waals surface area contributed by atoms with E-state index in [0.29, 0.717) is 17.1 Å². The second-order valence-corrected chi connectivity index (χ2v) is 25.2. The van der Waals surface area contributed by atoms with E-state index in [0.717, 1.165) is 115 Å². The predicted molar refractivity (Wildman–Crippen MR) is 350 cm³/mol. The zero-order valence-electron chi connectivity index (χ0n) is 55.1. The number of anilines is 4. The fourth-order valence-electron chi connectivity index (χ4n) is 11.7. The summed E-state index contributed by atoms with van der Waals surface area (Å²) in [5.74, 6) is 1.92. The van der Waals surface area contributed by atoms with Gasteiger partial charge in [-0.15, -0.1) is 48.1 Å². The molecule has 84 heavy (non-hydrogen) atoms. The first kappa shape index (κ1) is 51.6. The number of hydrogen-bond acceptors (Lipinski definition) is 4. The van der Waals surface area contributed by atoms with Crippen LogP contribution < -0.4 is 14.5 Å². The number of benzene rings is 9. The summed E-state index contributed by atoms with van der Waals surface area (Å²) in [4.78, 5) is 9.46. The topological polar surface area (TPSA) is 33.5 Å². The van der Waals surface area contributed by atoms with E-state index in [4.69, 9.17) is 13.8 Å². The Hall–Kier alpha value is -7.98. The van der Waals surface area contributed by atoms with Gasteiger partial charge in [0.1, 0.15) is 5.82 Å². The minimum Gasteiger partial charge on any atom is -0.509 e. The maximum absolute atomic E-state index is 9.22. The SMILES string of the molecule is [2H]c1c([2H])c([2H])c(-c2cc(-c3cc(C(C)(C)C)cc(-c4cccc(-c5ccccc5)c4)c3N3[CH-]N(c4[c-]c(Oc5[c-]c6c(cc5)c5c(CCC)c(CCC)ccc5n6-c5cc(C(C)(C)C)ccn5)ccc4)c4ccccc43)cc(C(C)(C)C)c2)c([2H])c1[2H].[Pt]. The minimum absolute atomic E-state index is 0. The first-order chi connectivity index (χ1) is 42.0. The molecule has 0 fully saturated rings. The van der Waals surface area contributed by atoms with Crippen LogP contribution in [0.2, 0.25) is 0 Å². The molecule has 426 valence electrons. The molecule has 0 atom stereocenters. The van der Waals surface area contributed by atoms with E-state index in [1.54, 1.807) is 0 Å². The molecule has 0 unspecified atom stereocenters. The number of pyridine rings is 1. The van der Waals surface area contributed by atoms with Gasteiger partial charge in [0.25, 0.3) is 0 Å². The van der Waals surface area contributed by atoms with Crippen molar-refractivity contribution in [3.63, 3.8) is 0 Å². The van der Waals surface area contributed by atoms with Crippen LogP contribution in [0.4, 0.5) is 22.7 Å². The summed E-state index contributed by atoms with van der Waals surface area (Å²) >= 11 is 0. The van der Waals surface area contributed by atoms with Gasteiger partial charge >= 0.3 is 0 Å². The molecule has 1 aliphatic heterocycles. The van der Waals surface area contributed by atoms with Crippen LogP contribution in [0.15, 0.2) is 200 Å². The molecule has 0 amide bonds. The summed E-state index contributed by atoms with van der Waals surface area (Å²) in [6, 6.07) is 63.3. The van der Waals surface area contributed by atoms with E-state index >= 15 is 0 Å². The molecule has 0 saturated heterocycles. The quantitative estimate of drug-likeness (QED) is 0.108. The van der Waals surface area contributed by atoms with E-state index in [1.807, 2.05) is 42.6 Å². The van der Waals surface area contributed by atoms with Crippen LogP contribution in [0.1, 0.15) is 124 Å². The Bertz CT molecular complexity index is 4480. The summed E-state index contributed by atoms with van der Waals surface area (Å²) in [5, 5.41) is 2.36. The van der Waals surface area contributed by atoms with Crippen molar-refractivity contribution in [1.29, 1.82) is 0 Å². The van der Waals surface area contributed by atoms with E-state index in [9.17, 15) is 2.74 Å². The first-order valence-corrected chi connectivity index (χ1v) is 29.3. The molecule has 6 heteroatoms. The van der Waals surface area contributed by atoms with Gasteiger partial charge < -0.3 is 19.1 Å². The first-order valence-electron chi connectivity index (χ1n) is 31.8. The van der Waals surface area contributed by atoms with E-state index < -0.39 is 11.5 Å². The number of nitrogens with zero attached hydrogens (tertiary/aromatic N) is 4. The van der Waals surface area contributed by atoms with Gasteiger partial charge in [0.15, 0.2) is 0 Å². The fourth-order valence-corrected chi connectivity index (χ4v) is 11.7. The van der Waals surface area contributed by atoms with Gasteiger partial charge in [-0.3, -0.25) is 0 Å². The number of fused-ring (bicyclic) bond motifs is 4. The van der Waals surface area contributed by atoms with Crippen molar-refractivity contribution in [3.8, 4) is 61.8 Å². The van der Waals surface area contributed by atoms with Crippen LogP contribution in [0.25, 0.3) is 72.1 Å². The van der Waals surface area contributed by atoms with Crippen LogP contribution >= 0.6 is 0 Å². The smallest absolute Gasteiger partial charge is 0.135 e. The number of para-hydroxylation sites is 2. The predicted octanol–water partition coefficient (Wildman–Crippen LogP) is 21.4. The van der Waals surface area contributed by atoms with Crippen molar-refractivity contribution in [2.24, 2.45) is 0 Å². The van der Waals surface area contributed by atoms with E-state index in [-0.39, 0.29) is 61.6 Å². The van der Waals surface area contributed by atoms with Gasteiger partial charge in [0.05, 0.1) is 6.85 Å². The normalized spacial score (nSPS) is 13.5. The van der Waals surface area contributed by atoms with Gasteiger partial charge in [-0.1, -0.05) is 204 Å². The minimum atomic E-state index is -0.423. The average molecular weight is 1280 g/mol. The van der Waals surface area contributed by atoms with Crippen molar-refractivity contribution < 1.29 is 32.7 Å². The third kappa shape index (κ3) is 11.3. The molecule has 12 rings (SSSR count). The van der Waals surface area contributed by atoms with E-state index in [2.05, 4.69) is 237 Å². The van der Waals surface area contributed by atoms with Crippen molar-refractivity contribution in [2.75, 3.05) is 9.80 Å². The van der Waals surface area contributed by atoms with Crippen molar-refractivity contribution in [3.05, 3.63) is 247 Å². The number of aryl methyl sites for hydroxylation is 2. The van der Waals surface area contributed by atoms with Gasteiger partial charge in [-0.25, -0.2) is 4.98 Å². The molecule has 0 spiro atoms. The van der Waals surface area contributed by atoms with Crippen LogP contribution in [-0.2, 0) is 50.2 Å². The Balaban J connectivity index is 0.00000817. The number of aromatic nitrogens is 2. The number of ether oxygens (including phenoxy) is 1. The fraction of sp³-hybridized carbons (Fsp3) is 0.231. The molecule has 3 heterocycles. The Morgan fingerprint density at radius 1 is 0.524 bits per heavy atom. The second kappa shape index (κ2) is 23.2. The summed E-state index contributed by atoms with van der Waals surface area (Å²) in [7, 11) is 0. The summed E-state index contributed by atoms with van der Waals surface area (Å²) in [5.41, 5.74) is 17.4. The Kier molecular flexibility index (Phi) is 14.3. The van der Waals surface area contributed by atoms with Crippen molar-refractivity contribution in [2.45, 2.75) is 118 Å². The molecule has 9 aromatic carbocycles. The molecule has 0 N–H and O–H groups in total. The Morgan fingerprint density at radius 2 is 1.14 bits per heavy atom. The van der Waals surface area contributed by atoms with Gasteiger partial charge in [-0.05, 0) is 150 Å². The number of hydrogen-bond donors (Lipinski definition) is 0. The molecule has 0 radical (unpaired) electrons. The zero-order chi connectivity index (χ0) is 62.1. The maximum atomic E-state index is 9.22. The Labute approximate surface area is 520 Å².